The van der Waals surface area contributed by atoms with Crippen LogP contribution in [-0.2, 0) is 0 Å². The highest BCUT2D eigenvalue weighted by atomic mass is 15.1. The number of anilines is 1. The van der Waals surface area contributed by atoms with Crippen LogP contribution in [0.5, 0.6) is 0 Å². The highest BCUT2D eigenvalue weighted by Gasteiger charge is 2.16. The summed E-state index contributed by atoms with van der Waals surface area (Å²) in [6, 6.07) is 8.30. The maximum atomic E-state index is 9.18. The molecule has 1 unspecified atom stereocenters. The summed E-state index contributed by atoms with van der Waals surface area (Å²) >= 11 is 0. The van der Waals surface area contributed by atoms with Crippen molar-refractivity contribution in [3.8, 4) is 6.07 Å². The van der Waals surface area contributed by atoms with E-state index in [1.807, 2.05) is 12.1 Å². The minimum absolute atomic E-state index is 0.691. The molecule has 1 aliphatic rings. The molecule has 1 fully saturated rings. The van der Waals surface area contributed by atoms with Gasteiger partial charge in [-0.1, -0.05) is 6.07 Å². The van der Waals surface area contributed by atoms with Crippen molar-refractivity contribution >= 4 is 5.69 Å². The van der Waals surface area contributed by atoms with Gasteiger partial charge in [-0.25, -0.2) is 0 Å². The van der Waals surface area contributed by atoms with E-state index in [-0.39, 0.29) is 0 Å². The molecule has 1 aromatic carbocycles. The van der Waals surface area contributed by atoms with Crippen LogP contribution >= 0.6 is 0 Å². The summed E-state index contributed by atoms with van der Waals surface area (Å²) in [7, 11) is 2.09. The molecule has 18 heavy (non-hydrogen) atoms. The summed E-state index contributed by atoms with van der Waals surface area (Å²) in [5, 5.41) is 12.6. The molecule has 1 aromatic rings. The normalized spacial score (nSPS) is 19.3. The van der Waals surface area contributed by atoms with E-state index in [1.54, 1.807) is 0 Å². The van der Waals surface area contributed by atoms with Gasteiger partial charge in [0.2, 0.25) is 0 Å². The largest absolute Gasteiger partial charge is 0.373 e. The van der Waals surface area contributed by atoms with E-state index in [1.165, 1.54) is 18.4 Å². The lowest BCUT2D eigenvalue weighted by Crippen LogP contribution is -2.37. The molecule has 0 amide bonds. The molecular formula is C15H21N3. The van der Waals surface area contributed by atoms with Crippen molar-refractivity contribution in [2.45, 2.75) is 19.8 Å². The summed E-state index contributed by atoms with van der Waals surface area (Å²) < 4.78 is 0. The van der Waals surface area contributed by atoms with Crippen LogP contribution in [0.1, 0.15) is 24.0 Å². The molecule has 0 saturated carbocycles. The van der Waals surface area contributed by atoms with Crippen molar-refractivity contribution in [1.29, 1.82) is 5.26 Å². The molecule has 1 aliphatic heterocycles. The van der Waals surface area contributed by atoms with Crippen LogP contribution in [0.4, 0.5) is 5.69 Å². The fraction of sp³-hybridized carbons (Fsp3) is 0.533. The molecule has 2 rings (SSSR count). The summed E-state index contributed by atoms with van der Waals surface area (Å²) in [5.74, 6) is 0.691. The Morgan fingerprint density at radius 2 is 2.33 bits per heavy atom. The minimum Gasteiger partial charge on any atom is -0.373 e. The van der Waals surface area contributed by atoms with Gasteiger partial charge in [-0.3, -0.25) is 0 Å². The Kier molecular flexibility index (Phi) is 4.22. The Labute approximate surface area is 109 Å². The maximum absolute atomic E-state index is 9.18. The van der Waals surface area contributed by atoms with E-state index in [9.17, 15) is 5.26 Å². The number of hydrogen-bond acceptors (Lipinski definition) is 3. The monoisotopic (exact) mass is 243 g/mol. The standard InChI is InChI=1S/C15H21N3/c1-12-5-6-14(9-16)15(8-12)18(2)11-13-4-3-7-17-10-13/h5-6,8,13,17H,3-4,7,10-11H2,1-2H3. The van der Waals surface area contributed by atoms with Crippen LogP contribution in [0.3, 0.4) is 0 Å². The van der Waals surface area contributed by atoms with E-state index in [0.29, 0.717) is 5.92 Å². The Bertz CT molecular complexity index is 442. The number of benzene rings is 1. The zero-order valence-corrected chi connectivity index (χ0v) is 11.2. The fourth-order valence-electron chi connectivity index (χ4n) is 2.62. The van der Waals surface area contributed by atoms with Crippen molar-refractivity contribution in [2.24, 2.45) is 5.92 Å². The van der Waals surface area contributed by atoms with Crippen LogP contribution in [0.15, 0.2) is 18.2 Å². The second-order valence-electron chi connectivity index (χ2n) is 5.23. The van der Waals surface area contributed by atoms with E-state index in [0.717, 1.165) is 30.9 Å². The molecule has 0 radical (unpaired) electrons. The SMILES string of the molecule is Cc1ccc(C#N)c(N(C)CC2CCCNC2)c1. The van der Waals surface area contributed by atoms with Crippen LogP contribution in [0.25, 0.3) is 0 Å². The summed E-state index contributed by atoms with van der Waals surface area (Å²) in [5.41, 5.74) is 3.03. The fourth-order valence-corrected chi connectivity index (χ4v) is 2.62. The molecule has 0 aliphatic carbocycles. The summed E-state index contributed by atoms with van der Waals surface area (Å²) in [6.45, 7) is 5.33. The maximum Gasteiger partial charge on any atom is 0.101 e. The van der Waals surface area contributed by atoms with Crippen molar-refractivity contribution in [3.05, 3.63) is 29.3 Å². The minimum atomic E-state index is 0.691. The third-order valence-corrected chi connectivity index (χ3v) is 3.62. The first-order chi connectivity index (χ1) is 8.70. The molecular weight excluding hydrogens is 222 g/mol. The number of hydrogen-bond donors (Lipinski definition) is 1. The van der Waals surface area contributed by atoms with Crippen molar-refractivity contribution < 1.29 is 0 Å². The third kappa shape index (κ3) is 3.02. The Morgan fingerprint density at radius 1 is 1.50 bits per heavy atom. The predicted octanol–water partition coefficient (Wildman–Crippen LogP) is 2.30. The zero-order valence-electron chi connectivity index (χ0n) is 11.2. The number of piperidine rings is 1. The van der Waals surface area contributed by atoms with Crippen molar-refractivity contribution in [2.75, 3.05) is 31.6 Å². The van der Waals surface area contributed by atoms with Crippen LogP contribution in [-0.4, -0.2) is 26.7 Å². The second kappa shape index (κ2) is 5.88. The van der Waals surface area contributed by atoms with Crippen LogP contribution < -0.4 is 10.2 Å². The number of nitrogens with one attached hydrogen (secondary N) is 1. The second-order valence-corrected chi connectivity index (χ2v) is 5.23. The first-order valence-corrected chi connectivity index (χ1v) is 6.63. The van der Waals surface area contributed by atoms with E-state index in [2.05, 4.69) is 36.3 Å². The van der Waals surface area contributed by atoms with Gasteiger partial charge in [0, 0.05) is 13.6 Å². The number of aryl methyl sites for hydroxylation is 1. The number of nitrogens with zero attached hydrogens (tertiary/aromatic N) is 2. The average Bonchev–Trinajstić information content (AvgIpc) is 2.40. The van der Waals surface area contributed by atoms with E-state index in [4.69, 9.17) is 0 Å². The van der Waals surface area contributed by atoms with Gasteiger partial charge in [-0.2, -0.15) is 5.26 Å². The average molecular weight is 243 g/mol. The Balaban J connectivity index is 2.10. The molecule has 0 bridgehead atoms. The summed E-state index contributed by atoms with van der Waals surface area (Å²) in [4.78, 5) is 2.23. The molecule has 1 N–H and O–H groups in total. The molecule has 0 spiro atoms. The van der Waals surface area contributed by atoms with Gasteiger partial charge in [0.05, 0.1) is 11.3 Å². The van der Waals surface area contributed by atoms with Gasteiger partial charge in [-0.05, 0) is 56.5 Å². The van der Waals surface area contributed by atoms with Crippen LogP contribution in [0, 0.1) is 24.2 Å². The molecule has 0 aromatic heterocycles. The lowest BCUT2D eigenvalue weighted by molar-refractivity contribution is 0.381. The highest BCUT2D eigenvalue weighted by Crippen LogP contribution is 2.22. The smallest absolute Gasteiger partial charge is 0.101 e. The zero-order chi connectivity index (χ0) is 13.0. The molecule has 96 valence electrons. The van der Waals surface area contributed by atoms with Crippen LogP contribution in [0.2, 0.25) is 0 Å². The van der Waals surface area contributed by atoms with Gasteiger partial charge in [0.15, 0.2) is 0 Å². The molecule has 1 atom stereocenters. The van der Waals surface area contributed by atoms with Gasteiger partial charge < -0.3 is 10.2 Å². The Hall–Kier alpha value is -1.53. The highest BCUT2D eigenvalue weighted by molar-refractivity contribution is 5.60. The van der Waals surface area contributed by atoms with Crippen molar-refractivity contribution in [1.82, 2.24) is 5.32 Å². The topological polar surface area (TPSA) is 39.1 Å². The lowest BCUT2D eigenvalue weighted by Gasteiger charge is -2.29. The summed E-state index contributed by atoms with van der Waals surface area (Å²) in [6.07, 6.45) is 2.54. The van der Waals surface area contributed by atoms with Crippen molar-refractivity contribution in [3.63, 3.8) is 0 Å². The first kappa shape index (κ1) is 12.9. The van der Waals surface area contributed by atoms with E-state index >= 15 is 0 Å². The van der Waals surface area contributed by atoms with Gasteiger partial charge >= 0.3 is 0 Å². The number of rotatable bonds is 3. The first-order valence-electron chi connectivity index (χ1n) is 6.63. The molecule has 3 heteroatoms. The molecule has 3 nitrogen and oxygen atoms in total. The van der Waals surface area contributed by atoms with E-state index < -0.39 is 0 Å². The van der Waals surface area contributed by atoms with Gasteiger partial charge in [0.25, 0.3) is 0 Å². The predicted molar refractivity (Wildman–Crippen MR) is 74.8 cm³/mol. The quantitative estimate of drug-likeness (QED) is 0.885. The molecule has 1 heterocycles. The Morgan fingerprint density at radius 3 is 3.00 bits per heavy atom. The molecule has 1 saturated heterocycles. The lowest BCUT2D eigenvalue weighted by atomic mass is 9.98. The van der Waals surface area contributed by atoms with Gasteiger partial charge in [0.1, 0.15) is 6.07 Å². The third-order valence-electron chi connectivity index (χ3n) is 3.62. The van der Waals surface area contributed by atoms with Gasteiger partial charge in [-0.15, -0.1) is 0 Å². The number of nitriles is 1.